The summed E-state index contributed by atoms with van der Waals surface area (Å²) in [6, 6.07) is 16.2. The predicted octanol–water partition coefficient (Wildman–Crippen LogP) is 3.40. The summed E-state index contributed by atoms with van der Waals surface area (Å²) in [4.78, 5) is 0.879. The Morgan fingerprint density at radius 2 is 1.69 bits per heavy atom. The van der Waals surface area contributed by atoms with E-state index in [0.717, 1.165) is 10.5 Å². The first-order chi connectivity index (χ1) is 7.68. The van der Waals surface area contributed by atoms with E-state index in [4.69, 9.17) is 0 Å². The summed E-state index contributed by atoms with van der Waals surface area (Å²) in [6.07, 6.45) is 1.71. The third-order valence-corrected chi connectivity index (χ3v) is 3.54. The van der Waals surface area contributed by atoms with Crippen molar-refractivity contribution in [3.63, 3.8) is 0 Å². The maximum atomic E-state index is 11.5. The monoisotopic (exact) mass is 230 g/mol. The fourth-order valence-electron chi connectivity index (χ4n) is 1.71. The summed E-state index contributed by atoms with van der Waals surface area (Å²) in [5, 5.41) is 0. The topological polar surface area (TPSA) is 17.1 Å². The highest BCUT2D eigenvalue weighted by atomic mass is 32.2. The maximum absolute atomic E-state index is 11.5. The average Bonchev–Trinajstić information content (AvgIpc) is 2.30. The minimum atomic E-state index is -0.921. The van der Waals surface area contributed by atoms with Gasteiger partial charge < -0.3 is 0 Å². The largest absolute Gasteiger partial charge is 0.255 e. The van der Waals surface area contributed by atoms with Gasteiger partial charge in [-0.2, -0.15) is 0 Å². The zero-order valence-corrected chi connectivity index (χ0v) is 10.3. The van der Waals surface area contributed by atoms with Crippen molar-refractivity contribution in [2.24, 2.45) is 0 Å². The molecule has 0 saturated carbocycles. The summed E-state index contributed by atoms with van der Waals surface area (Å²) in [7, 11) is -0.921. The molecule has 1 unspecified atom stereocenters. The fourth-order valence-corrected chi connectivity index (χ4v) is 2.25. The van der Waals surface area contributed by atoms with Gasteiger partial charge >= 0.3 is 0 Å². The molecule has 16 heavy (non-hydrogen) atoms. The van der Waals surface area contributed by atoms with E-state index in [2.05, 4.69) is 19.1 Å². The molecule has 0 radical (unpaired) electrons. The van der Waals surface area contributed by atoms with Gasteiger partial charge in [0.1, 0.15) is 0 Å². The van der Waals surface area contributed by atoms with Gasteiger partial charge in [-0.1, -0.05) is 36.4 Å². The van der Waals surface area contributed by atoms with Crippen molar-refractivity contribution < 1.29 is 4.21 Å². The molecule has 0 saturated heterocycles. The first kappa shape index (κ1) is 11.1. The van der Waals surface area contributed by atoms with E-state index in [-0.39, 0.29) is 0 Å². The van der Waals surface area contributed by atoms with Crippen molar-refractivity contribution in [1.82, 2.24) is 0 Å². The highest BCUT2D eigenvalue weighted by molar-refractivity contribution is 7.84. The van der Waals surface area contributed by atoms with E-state index in [9.17, 15) is 4.21 Å². The number of benzene rings is 2. The zero-order valence-electron chi connectivity index (χ0n) is 9.44. The molecule has 2 aromatic rings. The van der Waals surface area contributed by atoms with Gasteiger partial charge in [-0.15, -0.1) is 0 Å². The normalized spacial score (nSPS) is 12.4. The van der Waals surface area contributed by atoms with E-state index >= 15 is 0 Å². The van der Waals surface area contributed by atoms with Crippen molar-refractivity contribution >= 4 is 10.8 Å². The molecule has 0 aliphatic rings. The van der Waals surface area contributed by atoms with Crippen LogP contribution < -0.4 is 0 Å². The lowest BCUT2D eigenvalue weighted by atomic mass is 10.0. The highest BCUT2D eigenvalue weighted by Crippen LogP contribution is 2.25. The Hall–Kier alpha value is -1.41. The third kappa shape index (κ3) is 2.22. The SMILES string of the molecule is Cc1ccc(S(C)=O)cc1-c1ccccc1. The quantitative estimate of drug-likeness (QED) is 0.772. The van der Waals surface area contributed by atoms with Gasteiger partial charge in [0.05, 0.1) is 0 Å². The molecular formula is C14H14OS. The molecule has 2 heteroatoms. The Balaban J connectivity index is 2.56. The van der Waals surface area contributed by atoms with Crippen molar-refractivity contribution in [3.8, 4) is 11.1 Å². The summed E-state index contributed by atoms with van der Waals surface area (Å²) in [5.74, 6) is 0. The van der Waals surface area contributed by atoms with Crippen molar-refractivity contribution in [2.75, 3.05) is 6.26 Å². The Labute approximate surface area is 98.6 Å². The van der Waals surface area contributed by atoms with Crippen LogP contribution in [0.5, 0.6) is 0 Å². The molecule has 0 aliphatic heterocycles. The van der Waals surface area contributed by atoms with E-state index in [1.807, 2.05) is 36.4 Å². The van der Waals surface area contributed by atoms with Crippen LogP contribution in [0.25, 0.3) is 11.1 Å². The molecule has 0 N–H and O–H groups in total. The molecule has 0 aromatic heterocycles. The first-order valence-electron chi connectivity index (χ1n) is 5.18. The van der Waals surface area contributed by atoms with Crippen LogP contribution in [0.4, 0.5) is 0 Å². The molecule has 2 aromatic carbocycles. The molecule has 0 amide bonds. The second-order valence-electron chi connectivity index (χ2n) is 3.80. The van der Waals surface area contributed by atoms with E-state index in [0.29, 0.717) is 0 Å². The number of aryl methyl sites for hydroxylation is 1. The van der Waals surface area contributed by atoms with Crippen molar-refractivity contribution in [1.29, 1.82) is 0 Å². The van der Waals surface area contributed by atoms with Gasteiger partial charge in [0.15, 0.2) is 0 Å². The van der Waals surface area contributed by atoms with Crippen LogP contribution in [0.2, 0.25) is 0 Å². The Morgan fingerprint density at radius 1 is 1.00 bits per heavy atom. The standard InChI is InChI=1S/C14H14OS/c1-11-8-9-13(16(2)15)10-14(11)12-6-4-3-5-7-12/h3-10H,1-2H3. The summed E-state index contributed by atoms with van der Waals surface area (Å²) >= 11 is 0. The lowest BCUT2D eigenvalue weighted by Crippen LogP contribution is -1.90. The maximum Gasteiger partial charge on any atom is 0.0498 e. The van der Waals surface area contributed by atoms with Gasteiger partial charge in [0, 0.05) is 22.0 Å². The molecule has 0 heterocycles. The van der Waals surface area contributed by atoms with E-state index in [1.165, 1.54) is 11.1 Å². The first-order valence-corrected chi connectivity index (χ1v) is 6.74. The van der Waals surface area contributed by atoms with Crippen LogP contribution in [0.3, 0.4) is 0 Å². The number of hydrogen-bond donors (Lipinski definition) is 0. The molecule has 82 valence electrons. The van der Waals surface area contributed by atoms with Crippen LogP contribution in [-0.2, 0) is 10.8 Å². The fraction of sp³-hybridized carbons (Fsp3) is 0.143. The van der Waals surface area contributed by atoms with Crippen molar-refractivity contribution in [3.05, 3.63) is 54.1 Å². The molecule has 0 aliphatic carbocycles. The van der Waals surface area contributed by atoms with Gasteiger partial charge in [0.2, 0.25) is 0 Å². The minimum Gasteiger partial charge on any atom is -0.255 e. The lowest BCUT2D eigenvalue weighted by Gasteiger charge is -2.07. The molecule has 1 atom stereocenters. The van der Waals surface area contributed by atoms with E-state index < -0.39 is 10.8 Å². The van der Waals surface area contributed by atoms with Crippen molar-refractivity contribution in [2.45, 2.75) is 11.8 Å². The molecule has 2 rings (SSSR count). The van der Waals surface area contributed by atoms with Gasteiger partial charge in [0.25, 0.3) is 0 Å². The van der Waals surface area contributed by atoms with Crippen LogP contribution in [0, 0.1) is 6.92 Å². The zero-order chi connectivity index (χ0) is 11.5. The Kier molecular flexibility index (Phi) is 3.20. The lowest BCUT2D eigenvalue weighted by molar-refractivity contribution is 0.687. The summed E-state index contributed by atoms with van der Waals surface area (Å²) in [6.45, 7) is 2.07. The van der Waals surface area contributed by atoms with Crippen LogP contribution >= 0.6 is 0 Å². The second kappa shape index (κ2) is 4.62. The van der Waals surface area contributed by atoms with Crippen LogP contribution in [0.1, 0.15) is 5.56 Å². The summed E-state index contributed by atoms with van der Waals surface area (Å²) < 4.78 is 11.5. The number of rotatable bonds is 2. The molecule has 0 fully saturated rings. The molecule has 0 bridgehead atoms. The summed E-state index contributed by atoms with van der Waals surface area (Å²) in [5.41, 5.74) is 3.54. The second-order valence-corrected chi connectivity index (χ2v) is 5.18. The Bertz CT molecular complexity index is 518. The minimum absolute atomic E-state index is 0.879. The van der Waals surface area contributed by atoms with Gasteiger partial charge in [-0.05, 0) is 35.7 Å². The molecular weight excluding hydrogens is 216 g/mol. The highest BCUT2D eigenvalue weighted by Gasteiger charge is 2.04. The van der Waals surface area contributed by atoms with Gasteiger partial charge in [-0.25, -0.2) is 0 Å². The Morgan fingerprint density at radius 3 is 2.31 bits per heavy atom. The predicted molar refractivity (Wildman–Crippen MR) is 68.9 cm³/mol. The smallest absolute Gasteiger partial charge is 0.0498 e. The van der Waals surface area contributed by atoms with Crippen LogP contribution in [0.15, 0.2) is 53.4 Å². The third-order valence-electron chi connectivity index (χ3n) is 2.63. The van der Waals surface area contributed by atoms with Crippen LogP contribution in [-0.4, -0.2) is 10.5 Å². The average molecular weight is 230 g/mol. The molecule has 0 spiro atoms. The van der Waals surface area contributed by atoms with Gasteiger partial charge in [-0.3, -0.25) is 4.21 Å². The number of hydrogen-bond acceptors (Lipinski definition) is 1. The molecule has 1 nitrogen and oxygen atoms in total. The van der Waals surface area contributed by atoms with E-state index in [1.54, 1.807) is 6.26 Å².